The number of nitrogens with zero attached hydrogens (tertiary/aromatic N) is 2. The molecule has 14 heavy (non-hydrogen) atoms. The summed E-state index contributed by atoms with van der Waals surface area (Å²) in [6, 6.07) is 3.89. The van der Waals surface area contributed by atoms with E-state index >= 15 is 0 Å². The summed E-state index contributed by atoms with van der Waals surface area (Å²) in [4.78, 5) is 8.80. The van der Waals surface area contributed by atoms with Crippen LogP contribution in [0, 0.1) is 5.92 Å². The Morgan fingerprint density at radius 1 is 1.43 bits per heavy atom. The molecular weight excluding hydrogens is 176 g/mol. The van der Waals surface area contributed by atoms with Gasteiger partial charge < -0.3 is 4.84 Å². The van der Waals surface area contributed by atoms with E-state index in [9.17, 15) is 0 Å². The highest BCUT2D eigenvalue weighted by Gasteiger charge is 2.06. The van der Waals surface area contributed by atoms with Gasteiger partial charge in [0.25, 0.3) is 0 Å². The van der Waals surface area contributed by atoms with Gasteiger partial charge in [0.1, 0.15) is 7.11 Å². The normalized spacial score (nSPS) is 11.9. The molecule has 1 aromatic rings. The fraction of sp³-hybridized carbons (Fsp3) is 0.455. The maximum absolute atomic E-state index is 4.83. The van der Waals surface area contributed by atoms with Crippen LogP contribution >= 0.6 is 0 Å². The molecule has 3 nitrogen and oxygen atoms in total. The fourth-order valence-electron chi connectivity index (χ4n) is 1.25. The van der Waals surface area contributed by atoms with E-state index in [-0.39, 0.29) is 0 Å². The molecule has 76 valence electrons. The maximum Gasteiger partial charge on any atom is 0.106 e. The highest BCUT2D eigenvalue weighted by molar-refractivity contribution is 6.00. The van der Waals surface area contributed by atoms with Crippen molar-refractivity contribution in [1.29, 1.82) is 0 Å². The lowest BCUT2D eigenvalue weighted by molar-refractivity contribution is 0.212. The van der Waals surface area contributed by atoms with E-state index in [1.807, 2.05) is 12.1 Å². The van der Waals surface area contributed by atoms with Crippen LogP contribution in [0.2, 0.25) is 0 Å². The SMILES string of the molecule is CO/N=C(/CC(C)C)c1ccncc1. The van der Waals surface area contributed by atoms with Crippen LogP contribution in [-0.4, -0.2) is 17.8 Å². The second-order valence-corrected chi connectivity index (χ2v) is 3.55. The molecule has 0 radical (unpaired) electrons. The van der Waals surface area contributed by atoms with Gasteiger partial charge >= 0.3 is 0 Å². The molecule has 1 rings (SSSR count). The van der Waals surface area contributed by atoms with Crippen LogP contribution < -0.4 is 0 Å². The molecule has 0 aliphatic carbocycles. The Bertz CT molecular complexity index is 293. The molecule has 0 fully saturated rings. The number of pyridine rings is 1. The third kappa shape index (κ3) is 3.17. The zero-order chi connectivity index (χ0) is 10.4. The second kappa shape index (κ2) is 5.37. The summed E-state index contributed by atoms with van der Waals surface area (Å²) in [5, 5.41) is 4.02. The molecule has 3 heteroatoms. The molecule has 0 bridgehead atoms. The number of rotatable bonds is 4. The molecule has 0 N–H and O–H groups in total. The molecule has 0 aliphatic heterocycles. The molecule has 0 amide bonds. The minimum absolute atomic E-state index is 0.567. The van der Waals surface area contributed by atoms with Gasteiger partial charge in [-0.2, -0.15) is 0 Å². The van der Waals surface area contributed by atoms with Gasteiger partial charge in [-0.25, -0.2) is 0 Å². The van der Waals surface area contributed by atoms with E-state index < -0.39 is 0 Å². The van der Waals surface area contributed by atoms with Gasteiger partial charge in [0.2, 0.25) is 0 Å². The summed E-state index contributed by atoms with van der Waals surface area (Å²) in [7, 11) is 1.57. The summed E-state index contributed by atoms with van der Waals surface area (Å²) in [6.45, 7) is 4.32. The number of hydrogen-bond donors (Lipinski definition) is 0. The summed E-state index contributed by atoms with van der Waals surface area (Å²) < 4.78 is 0. The standard InChI is InChI=1S/C11H16N2O/c1-9(2)8-11(13-14-3)10-4-6-12-7-5-10/h4-7,9H,8H2,1-3H3/b13-11-. The highest BCUT2D eigenvalue weighted by atomic mass is 16.6. The van der Waals surface area contributed by atoms with Crippen LogP contribution in [0.4, 0.5) is 0 Å². The van der Waals surface area contributed by atoms with Crippen molar-refractivity contribution in [2.75, 3.05) is 7.11 Å². The van der Waals surface area contributed by atoms with E-state index in [1.54, 1.807) is 19.5 Å². The molecule has 0 spiro atoms. The quantitative estimate of drug-likeness (QED) is 0.542. The van der Waals surface area contributed by atoms with Crippen molar-refractivity contribution in [2.24, 2.45) is 11.1 Å². The van der Waals surface area contributed by atoms with Crippen molar-refractivity contribution in [3.8, 4) is 0 Å². The third-order valence-corrected chi connectivity index (χ3v) is 1.82. The van der Waals surface area contributed by atoms with Crippen molar-refractivity contribution in [3.05, 3.63) is 30.1 Å². The largest absolute Gasteiger partial charge is 0.399 e. The number of oxime groups is 1. The first-order chi connectivity index (χ1) is 6.74. The Morgan fingerprint density at radius 2 is 2.07 bits per heavy atom. The molecule has 0 saturated heterocycles. The zero-order valence-electron chi connectivity index (χ0n) is 8.90. The van der Waals surface area contributed by atoms with E-state index in [4.69, 9.17) is 4.84 Å². The average molecular weight is 192 g/mol. The van der Waals surface area contributed by atoms with Crippen LogP contribution in [0.3, 0.4) is 0 Å². The number of aromatic nitrogens is 1. The van der Waals surface area contributed by atoms with E-state index in [2.05, 4.69) is 24.0 Å². The van der Waals surface area contributed by atoms with Crippen LogP contribution in [0.1, 0.15) is 25.8 Å². The van der Waals surface area contributed by atoms with Crippen molar-refractivity contribution in [1.82, 2.24) is 4.98 Å². The molecule has 1 aromatic heterocycles. The molecule has 0 aliphatic rings. The second-order valence-electron chi connectivity index (χ2n) is 3.55. The average Bonchev–Trinajstić information content (AvgIpc) is 2.18. The lowest BCUT2D eigenvalue weighted by atomic mass is 10.0. The van der Waals surface area contributed by atoms with Crippen molar-refractivity contribution in [2.45, 2.75) is 20.3 Å². The topological polar surface area (TPSA) is 34.5 Å². The first-order valence-electron chi connectivity index (χ1n) is 4.74. The summed E-state index contributed by atoms with van der Waals surface area (Å²) >= 11 is 0. The van der Waals surface area contributed by atoms with Gasteiger partial charge in [0.05, 0.1) is 5.71 Å². The van der Waals surface area contributed by atoms with Gasteiger partial charge in [-0.15, -0.1) is 0 Å². The predicted molar refractivity (Wildman–Crippen MR) is 57.2 cm³/mol. The van der Waals surface area contributed by atoms with Crippen molar-refractivity contribution >= 4 is 5.71 Å². The smallest absolute Gasteiger partial charge is 0.106 e. The van der Waals surface area contributed by atoms with Gasteiger partial charge in [-0.05, 0) is 24.5 Å². The fourth-order valence-corrected chi connectivity index (χ4v) is 1.25. The Hall–Kier alpha value is -1.38. The summed E-state index contributed by atoms with van der Waals surface area (Å²) in [5.41, 5.74) is 2.06. The third-order valence-electron chi connectivity index (χ3n) is 1.82. The molecule has 0 atom stereocenters. The minimum atomic E-state index is 0.567. The van der Waals surface area contributed by atoms with Gasteiger partial charge in [0.15, 0.2) is 0 Å². The molecule has 1 heterocycles. The molecule has 0 unspecified atom stereocenters. The summed E-state index contributed by atoms with van der Waals surface area (Å²) in [5.74, 6) is 0.567. The highest BCUT2D eigenvalue weighted by Crippen LogP contribution is 2.09. The predicted octanol–water partition coefficient (Wildman–Crippen LogP) is 2.48. The van der Waals surface area contributed by atoms with Crippen LogP contribution in [-0.2, 0) is 4.84 Å². The van der Waals surface area contributed by atoms with Crippen molar-refractivity contribution in [3.63, 3.8) is 0 Å². The monoisotopic (exact) mass is 192 g/mol. The van der Waals surface area contributed by atoms with Crippen molar-refractivity contribution < 1.29 is 4.84 Å². The van der Waals surface area contributed by atoms with E-state index in [0.29, 0.717) is 5.92 Å². The van der Waals surface area contributed by atoms with E-state index in [0.717, 1.165) is 17.7 Å². The van der Waals surface area contributed by atoms with Gasteiger partial charge in [-0.1, -0.05) is 19.0 Å². The minimum Gasteiger partial charge on any atom is -0.399 e. The molecular formula is C11H16N2O. The molecule has 0 saturated carbocycles. The maximum atomic E-state index is 4.83. The Kier molecular flexibility index (Phi) is 4.11. The van der Waals surface area contributed by atoms with Gasteiger partial charge in [-0.3, -0.25) is 4.98 Å². The van der Waals surface area contributed by atoms with Gasteiger partial charge in [0, 0.05) is 18.0 Å². The Labute approximate surface area is 84.8 Å². The van der Waals surface area contributed by atoms with Crippen LogP contribution in [0.5, 0.6) is 0 Å². The number of hydrogen-bond acceptors (Lipinski definition) is 3. The Morgan fingerprint density at radius 3 is 2.57 bits per heavy atom. The molecule has 0 aromatic carbocycles. The first-order valence-corrected chi connectivity index (χ1v) is 4.74. The zero-order valence-corrected chi connectivity index (χ0v) is 8.90. The van der Waals surface area contributed by atoms with E-state index in [1.165, 1.54) is 0 Å². The lowest BCUT2D eigenvalue weighted by Gasteiger charge is -2.07. The Balaban J connectivity index is 2.84. The van der Waals surface area contributed by atoms with Crippen LogP contribution in [0.15, 0.2) is 29.7 Å². The first kappa shape index (κ1) is 10.7. The lowest BCUT2D eigenvalue weighted by Crippen LogP contribution is -2.05. The van der Waals surface area contributed by atoms with Crippen LogP contribution in [0.25, 0.3) is 0 Å². The summed E-state index contributed by atoms with van der Waals surface area (Å²) in [6.07, 6.45) is 4.44.